The lowest BCUT2D eigenvalue weighted by atomic mass is 10.4. The van der Waals surface area contributed by atoms with E-state index in [1.807, 2.05) is 0 Å². The van der Waals surface area contributed by atoms with E-state index in [0.717, 1.165) is 4.60 Å². The molecule has 0 aliphatic rings. The first-order valence-corrected chi connectivity index (χ1v) is 3.54. The fourth-order valence-electron chi connectivity index (χ4n) is 0.466. The summed E-state index contributed by atoms with van der Waals surface area (Å²) in [7, 11) is 0. The standard InChI is InChI=1S/C5H5BrN2S/c6-5-4(7)3(9)1-2-8-5/h1-2H,7H2,(H,8,9). The predicted octanol–water partition coefficient (Wildman–Crippen LogP) is 2.09. The maximum absolute atomic E-state index is 5.50. The molecule has 0 spiro atoms. The molecule has 0 saturated heterocycles. The monoisotopic (exact) mass is 204 g/mol. The molecule has 9 heavy (non-hydrogen) atoms. The molecule has 0 aliphatic heterocycles. The summed E-state index contributed by atoms with van der Waals surface area (Å²) in [6.45, 7) is 0. The van der Waals surface area contributed by atoms with E-state index in [1.165, 1.54) is 0 Å². The lowest BCUT2D eigenvalue weighted by molar-refractivity contribution is 1.28. The summed E-state index contributed by atoms with van der Waals surface area (Å²) in [5.41, 5.74) is 6.09. The number of rotatable bonds is 0. The highest BCUT2D eigenvalue weighted by Gasteiger charge is 1.92. The van der Waals surface area contributed by atoms with Crippen molar-refractivity contribution in [2.75, 3.05) is 5.73 Å². The summed E-state index contributed by atoms with van der Waals surface area (Å²) in [5, 5.41) is 0. The van der Waals surface area contributed by atoms with Gasteiger partial charge in [0.15, 0.2) is 0 Å². The molecule has 0 amide bonds. The van der Waals surface area contributed by atoms with Gasteiger partial charge >= 0.3 is 0 Å². The lowest BCUT2D eigenvalue weighted by Crippen LogP contribution is -1.88. The molecule has 0 unspecified atom stereocenters. The van der Waals surface area contributed by atoms with Gasteiger partial charge in [0, 0.05) is 6.20 Å². The van der Waals surface area contributed by atoms with Crippen LogP contribution in [0.25, 0.3) is 0 Å². The van der Waals surface area contributed by atoms with Gasteiger partial charge in [-0.25, -0.2) is 0 Å². The summed E-state index contributed by atoms with van der Waals surface area (Å²) >= 11 is 8.06. The number of hydrogen-bond donors (Lipinski definition) is 2. The first-order chi connectivity index (χ1) is 4.22. The zero-order valence-electron chi connectivity index (χ0n) is 4.52. The minimum Gasteiger partial charge on any atom is -0.395 e. The van der Waals surface area contributed by atoms with Crippen molar-refractivity contribution < 1.29 is 0 Å². The van der Waals surface area contributed by atoms with Crippen LogP contribution in [0.4, 0.5) is 5.69 Å². The third-order valence-corrected chi connectivity index (χ3v) is 1.96. The topological polar surface area (TPSA) is 41.8 Å². The van der Waals surface area contributed by atoms with Crippen LogP contribution in [0.5, 0.6) is 0 Å². The molecule has 0 saturated carbocycles. The zero-order valence-corrected chi connectivity index (χ0v) is 6.92. The maximum Gasteiger partial charge on any atom is 0.107 e. The third kappa shape index (κ3) is 1.31. The largest absolute Gasteiger partial charge is 0.395 e. The van der Waals surface area contributed by atoms with Crippen molar-refractivity contribution in [1.29, 1.82) is 0 Å². The Kier molecular flexibility index (Phi) is 1.87. The van der Waals surface area contributed by atoms with Gasteiger partial charge < -0.3 is 10.7 Å². The van der Waals surface area contributed by atoms with Crippen molar-refractivity contribution in [3.05, 3.63) is 21.4 Å². The number of aromatic amines is 1. The average Bonchev–Trinajstić information content (AvgIpc) is 1.83. The molecule has 48 valence electrons. The molecular formula is C5H5BrN2S. The van der Waals surface area contributed by atoms with Crippen LogP contribution < -0.4 is 5.73 Å². The summed E-state index contributed by atoms with van der Waals surface area (Å²) in [4.78, 5) is 2.87. The Labute approximate surface area is 66.2 Å². The van der Waals surface area contributed by atoms with Gasteiger partial charge in [-0.15, -0.1) is 0 Å². The normalized spacial score (nSPS) is 9.44. The van der Waals surface area contributed by atoms with Gasteiger partial charge in [0.1, 0.15) is 4.60 Å². The average molecular weight is 205 g/mol. The smallest absolute Gasteiger partial charge is 0.107 e. The highest BCUT2D eigenvalue weighted by molar-refractivity contribution is 9.10. The molecule has 0 atom stereocenters. The number of nitrogens with one attached hydrogen (secondary N) is 1. The third-order valence-electron chi connectivity index (χ3n) is 0.947. The second-order valence-corrected chi connectivity index (χ2v) is 2.80. The summed E-state index contributed by atoms with van der Waals surface area (Å²) in [6.07, 6.45) is 1.74. The maximum atomic E-state index is 5.50. The first-order valence-electron chi connectivity index (χ1n) is 2.34. The van der Waals surface area contributed by atoms with Crippen molar-refractivity contribution in [3.63, 3.8) is 0 Å². The number of aromatic nitrogens is 1. The molecule has 3 N–H and O–H groups in total. The van der Waals surface area contributed by atoms with Crippen LogP contribution in [0.1, 0.15) is 0 Å². The van der Waals surface area contributed by atoms with Crippen molar-refractivity contribution in [1.82, 2.24) is 4.98 Å². The second kappa shape index (κ2) is 2.49. The van der Waals surface area contributed by atoms with Crippen molar-refractivity contribution >= 4 is 33.8 Å². The molecule has 1 aromatic rings. The van der Waals surface area contributed by atoms with E-state index in [0.29, 0.717) is 10.2 Å². The van der Waals surface area contributed by atoms with Gasteiger partial charge in [0.2, 0.25) is 0 Å². The van der Waals surface area contributed by atoms with Gasteiger partial charge in [-0.3, -0.25) is 0 Å². The number of nitrogens with two attached hydrogens (primary N) is 1. The van der Waals surface area contributed by atoms with Crippen molar-refractivity contribution in [2.24, 2.45) is 0 Å². The van der Waals surface area contributed by atoms with Crippen LogP contribution in [0.2, 0.25) is 0 Å². The van der Waals surface area contributed by atoms with Gasteiger partial charge in [-0.05, 0) is 22.0 Å². The molecule has 0 bridgehead atoms. The van der Waals surface area contributed by atoms with E-state index in [-0.39, 0.29) is 0 Å². The quantitative estimate of drug-likeness (QED) is 0.503. The van der Waals surface area contributed by atoms with Gasteiger partial charge in [0.05, 0.1) is 10.2 Å². The fraction of sp³-hybridized carbons (Fsp3) is 0. The summed E-state index contributed by atoms with van der Waals surface area (Å²) in [5.74, 6) is 0. The van der Waals surface area contributed by atoms with Crippen LogP contribution in [-0.2, 0) is 0 Å². The second-order valence-electron chi connectivity index (χ2n) is 1.57. The summed E-state index contributed by atoms with van der Waals surface area (Å²) in [6, 6.07) is 1.75. The number of nitrogen functional groups attached to an aromatic ring is 1. The fourth-order valence-corrected chi connectivity index (χ4v) is 1.11. The molecule has 2 nitrogen and oxygen atoms in total. The van der Waals surface area contributed by atoms with Crippen LogP contribution in [0, 0.1) is 4.51 Å². The Morgan fingerprint density at radius 3 is 2.78 bits per heavy atom. The number of anilines is 1. The molecule has 1 rings (SSSR count). The van der Waals surface area contributed by atoms with E-state index in [9.17, 15) is 0 Å². The first kappa shape index (κ1) is 6.77. The number of hydrogen-bond acceptors (Lipinski definition) is 2. The van der Waals surface area contributed by atoms with E-state index < -0.39 is 0 Å². The lowest BCUT2D eigenvalue weighted by Gasteiger charge is -1.94. The number of H-pyrrole nitrogens is 1. The van der Waals surface area contributed by atoms with E-state index in [2.05, 4.69) is 20.9 Å². The highest BCUT2D eigenvalue weighted by Crippen LogP contribution is 2.15. The minimum atomic E-state index is 0.590. The minimum absolute atomic E-state index is 0.590. The molecular weight excluding hydrogens is 200 g/mol. The number of halogens is 1. The molecule has 0 fully saturated rings. The van der Waals surface area contributed by atoms with Crippen molar-refractivity contribution in [2.45, 2.75) is 0 Å². The molecule has 1 heterocycles. The molecule has 4 heteroatoms. The zero-order chi connectivity index (χ0) is 6.85. The molecule has 0 radical (unpaired) electrons. The Bertz CT molecular complexity index is 268. The van der Waals surface area contributed by atoms with Crippen LogP contribution in [-0.4, -0.2) is 4.98 Å². The van der Waals surface area contributed by atoms with E-state index >= 15 is 0 Å². The predicted molar refractivity (Wildman–Crippen MR) is 43.7 cm³/mol. The molecule has 1 aromatic heterocycles. The van der Waals surface area contributed by atoms with E-state index in [4.69, 9.17) is 18.0 Å². The van der Waals surface area contributed by atoms with Gasteiger partial charge in [-0.1, -0.05) is 12.2 Å². The SMILES string of the molecule is Nc1c(Br)[nH]ccc1=S. The molecule has 0 aromatic carbocycles. The Morgan fingerprint density at radius 2 is 2.33 bits per heavy atom. The Hall–Kier alpha value is -0.350. The van der Waals surface area contributed by atoms with Gasteiger partial charge in [-0.2, -0.15) is 0 Å². The van der Waals surface area contributed by atoms with Crippen LogP contribution in [0.15, 0.2) is 16.9 Å². The van der Waals surface area contributed by atoms with Crippen LogP contribution in [0.3, 0.4) is 0 Å². The van der Waals surface area contributed by atoms with Crippen molar-refractivity contribution in [3.8, 4) is 0 Å². The summed E-state index contributed by atoms with van der Waals surface area (Å²) < 4.78 is 1.41. The Morgan fingerprint density at radius 1 is 1.67 bits per heavy atom. The van der Waals surface area contributed by atoms with Gasteiger partial charge in [0.25, 0.3) is 0 Å². The number of pyridine rings is 1. The van der Waals surface area contributed by atoms with Crippen LogP contribution >= 0.6 is 28.1 Å². The highest BCUT2D eigenvalue weighted by atomic mass is 79.9. The van der Waals surface area contributed by atoms with E-state index in [1.54, 1.807) is 12.3 Å². The Balaban J connectivity index is 3.43. The molecule has 0 aliphatic carbocycles.